The van der Waals surface area contributed by atoms with E-state index in [0.29, 0.717) is 17.4 Å². The third-order valence-corrected chi connectivity index (χ3v) is 6.61. The van der Waals surface area contributed by atoms with E-state index >= 15 is 0 Å². The maximum atomic E-state index is 12.7. The van der Waals surface area contributed by atoms with Crippen LogP contribution in [0.1, 0.15) is 37.3 Å². The van der Waals surface area contributed by atoms with Crippen molar-refractivity contribution in [1.29, 1.82) is 0 Å². The molecule has 4 nitrogen and oxygen atoms in total. The second-order valence-electron chi connectivity index (χ2n) is 5.85. The number of hydrogen-bond acceptors (Lipinski definition) is 3. The largest absolute Gasteiger partial charge is 0.392 e. The summed E-state index contributed by atoms with van der Waals surface area (Å²) in [6.45, 7) is 2.55. The summed E-state index contributed by atoms with van der Waals surface area (Å²) in [6, 6.07) is 5.33. The molecule has 0 aromatic heterocycles. The Morgan fingerprint density at radius 2 is 2.10 bits per heavy atom. The molecule has 2 aliphatic rings. The first-order chi connectivity index (χ1) is 9.56. The summed E-state index contributed by atoms with van der Waals surface area (Å²) in [7, 11) is -3.40. The molecule has 1 N–H and O–H groups in total. The Hall–Kier alpha value is -0.910. The molecule has 2 unspecified atom stereocenters. The maximum Gasteiger partial charge on any atom is 0.243 e. The van der Waals surface area contributed by atoms with E-state index in [1.54, 1.807) is 16.4 Å². The number of hydrogen-bond donors (Lipinski definition) is 1. The molecule has 1 saturated carbocycles. The number of aryl methyl sites for hydroxylation is 1. The number of aliphatic hydroxyl groups excluding tert-OH is 1. The van der Waals surface area contributed by atoms with E-state index in [-0.39, 0.29) is 12.6 Å². The lowest BCUT2D eigenvalue weighted by Gasteiger charge is -2.26. The summed E-state index contributed by atoms with van der Waals surface area (Å²) in [5, 5.41) is 9.40. The van der Waals surface area contributed by atoms with E-state index in [1.165, 1.54) is 0 Å². The smallest absolute Gasteiger partial charge is 0.243 e. The van der Waals surface area contributed by atoms with E-state index in [0.717, 1.165) is 36.8 Å². The minimum Gasteiger partial charge on any atom is -0.392 e. The van der Waals surface area contributed by atoms with E-state index in [9.17, 15) is 13.5 Å². The predicted octanol–water partition coefficient (Wildman–Crippen LogP) is 1.91. The minimum absolute atomic E-state index is 0.113. The fraction of sp³-hybridized carbons (Fsp3) is 0.600. The maximum absolute atomic E-state index is 12.7. The molecule has 0 amide bonds. The second-order valence-corrected chi connectivity index (χ2v) is 7.74. The Bertz CT molecular complexity index is 612. The highest BCUT2D eigenvalue weighted by Crippen LogP contribution is 2.40. The van der Waals surface area contributed by atoms with Gasteiger partial charge in [-0.1, -0.05) is 13.0 Å². The molecule has 0 spiro atoms. The lowest BCUT2D eigenvalue weighted by atomic mass is 10.1. The number of nitrogens with zero attached hydrogens (tertiary/aromatic N) is 1. The van der Waals surface area contributed by atoms with Gasteiger partial charge in [0.15, 0.2) is 0 Å². The Kier molecular flexibility index (Phi) is 3.60. The topological polar surface area (TPSA) is 57.6 Å². The van der Waals surface area contributed by atoms with Gasteiger partial charge < -0.3 is 5.11 Å². The van der Waals surface area contributed by atoms with Gasteiger partial charge in [-0.3, -0.25) is 0 Å². The fourth-order valence-corrected chi connectivity index (χ4v) is 5.36. The van der Waals surface area contributed by atoms with Gasteiger partial charge in [0.1, 0.15) is 0 Å². The van der Waals surface area contributed by atoms with Gasteiger partial charge >= 0.3 is 0 Å². The number of piperidine rings is 1. The molecule has 1 aliphatic carbocycles. The van der Waals surface area contributed by atoms with E-state index < -0.39 is 10.0 Å². The van der Waals surface area contributed by atoms with Crippen LogP contribution in [-0.2, 0) is 23.1 Å². The molecule has 2 fully saturated rings. The number of benzene rings is 1. The van der Waals surface area contributed by atoms with Crippen molar-refractivity contribution in [1.82, 2.24) is 4.31 Å². The summed E-state index contributed by atoms with van der Waals surface area (Å²) >= 11 is 0. The third kappa shape index (κ3) is 2.18. The molecule has 1 saturated heterocycles. The lowest BCUT2D eigenvalue weighted by molar-refractivity contribution is 0.280. The zero-order valence-electron chi connectivity index (χ0n) is 11.7. The van der Waals surface area contributed by atoms with E-state index in [2.05, 4.69) is 0 Å². The van der Waals surface area contributed by atoms with Crippen LogP contribution in [0.25, 0.3) is 0 Å². The highest BCUT2D eigenvalue weighted by atomic mass is 32.2. The number of aliphatic hydroxyl groups is 1. The molecule has 3 rings (SSSR count). The SMILES string of the molecule is CCc1ccc(S(=O)(=O)N2CC3CCC2C3)cc1CO. The molecular formula is C15H21NO3S. The molecule has 0 radical (unpaired) electrons. The molecule has 1 aromatic carbocycles. The van der Waals surface area contributed by atoms with Crippen molar-refractivity contribution in [2.24, 2.45) is 5.92 Å². The first-order valence-corrected chi connectivity index (χ1v) is 8.74. The standard InChI is InChI=1S/C15H21NO3S/c1-2-12-4-6-15(8-13(12)10-17)20(18,19)16-9-11-3-5-14(16)7-11/h4,6,8,11,14,17H,2-3,5,7,9-10H2,1H3. The molecule has 20 heavy (non-hydrogen) atoms. The van der Waals surface area contributed by atoms with Gasteiger partial charge in [0, 0.05) is 12.6 Å². The lowest BCUT2D eigenvalue weighted by Crippen LogP contribution is -2.37. The zero-order chi connectivity index (χ0) is 14.3. The van der Waals surface area contributed by atoms with Crippen LogP contribution in [-0.4, -0.2) is 30.4 Å². The highest BCUT2D eigenvalue weighted by molar-refractivity contribution is 7.89. The monoisotopic (exact) mass is 295 g/mol. The van der Waals surface area contributed by atoms with Crippen molar-refractivity contribution in [3.8, 4) is 0 Å². The number of rotatable bonds is 4. The second kappa shape index (κ2) is 5.13. The molecule has 1 heterocycles. The van der Waals surface area contributed by atoms with Crippen LogP contribution in [0.5, 0.6) is 0 Å². The van der Waals surface area contributed by atoms with Gasteiger partial charge in [-0.05, 0) is 54.9 Å². The summed E-state index contributed by atoms with van der Waals surface area (Å²) < 4.78 is 27.1. The Morgan fingerprint density at radius 3 is 2.65 bits per heavy atom. The molecule has 110 valence electrons. The average molecular weight is 295 g/mol. The van der Waals surface area contributed by atoms with Crippen molar-refractivity contribution in [2.45, 2.75) is 50.2 Å². The fourth-order valence-electron chi connectivity index (χ4n) is 3.56. The molecule has 1 aromatic rings. The molecule has 2 atom stereocenters. The molecule has 2 bridgehead atoms. The number of sulfonamides is 1. The third-order valence-electron chi connectivity index (χ3n) is 4.69. The van der Waals surface area contributed by atoms with Crippen molar-refractivity contribution in [2.75, 3.05) is 6.54 Å². The van der Waals surface area contributed by atoms with Gasteiger partial charge in [0.2, 0.25) is 10.0 Å². The molecule has 5 heteroatoms. The van der Waals surface area contributed by atoms with Crippen LogP contribution in [0.3, 0.4) is 0 Å². The first kappa shape index (κ1) is 14.0. The van der Waals surface area contributed by atoms with Crippen LogP contribution in [0, 0.1) is 5.92 Å². The van der Waals surface area contributed by atoms with Gasteiger partial charge in [0.25, 0.3) is 0 Å². The van der Waals surface area contributed by atoms with Gasteiger partial charge in [-0.15, -0.1) is 0 Å². The van der Waals surface area contributed by atoms with Gasteiger partial charge in [-0.25, -0.2) is 8.42 Å². The Labute approximate surface area is 120 Å². The van der Waals surface area contributed by atoms with Gasteiger partial charge in [-0.2, -0.15) is 4.31 Å². The quantitative estimate of drug-likeness (QED) is 0.923. The van der Waals surface area contributed by atoms with Crippen LogP contribution in [0.15, 0.2) is 23.1 Å². The van der Waals surface area contributed by atoms with Crippen molar-refractivity contribution < 1.29 is 13.5 Å². The predicted molar refractivity (Wildman–Crippen MR) is 76.8 cm³/mol. The van der Waals surface area contributed by atoms with Crippen LogP contribution < -0.4 is 0 Å². The summed E-state index contributed by atoms with van der Waals surface area (Å²) in [5.41, 5.74) is 1.73. The van der Waals surface area contributed by atoms with Crippen molar-refractivity contribution in [3.63, 3.8) is 0 Å². The van der Waals surface area contributed by atoms with Crippen LogP contribution in [0.4, 0.5) is 0 Å². The van der Waals surface area contributed by atoms with Crippen molar-refractivity contribution in [3.05, 3.63) is 29.3 Å². The summed E-state index contributed by atoms with van der Waals surface area (Å²) in [6.07, 6.45) is 3.96. The van der Waals surface area contributed by atoms with E-state index in [1.807, 2.05) is 13.0 Å². The van der Waals surface area contributed by atoms with E-state index in [4.69, 9.17) is 0 Å². The average Bonchev–Trinajstić information content (AvgIpc) is 3.09. The molecule has 1 aliphatic heterocycles. The first-order valence-electron chi connectivity index (χ1n) is 7.30. The highest BCUT2D eigenvalue weighted by Gasteiger charge is 2.44. The zero-order valence-corrected chi connectivity index (χ0v) is 12.6. The Morgan fingerprint density at radius 1 is 1.30 bits per heavy atom. The Balaban J connectivity index is 1.95. The van der Waals surface area contributed by atoms with Gasteiger partial charge in [0.05, 0.1) is 11.5 Å². The summed E-state index contributed by atoms with van der Waals surface area (Å²) in [4.78, 5) is 0.325. The van der Waals surface area contributed by atoms with Crippen LogP contribution in [0.2, 0.25) is 0 Å². The number of fused-ring (bicyclic) bond motifs is 2. The summed E-state index contributed by atoms with van der Waals surface area (Å²) in [5.74, 6) is 0.544. The minimum atomic E-state index is -3.40. The normalized spacial score (nSPS) is 26.3. The van der Waals surface area contributed by atoms with Crippen LogP contribution >= 0.6 is 0 Å². The molecular weight excluding hydrogens is 274 g/mol. The van der Waals surface area contributed by atoms with Crippen molar-refractivity contribution >= 4 is 10.0 Å².